The van der Waals surface area contributed by atoms with Crippen LogP contribution in [0.3, 0.4) is 0 Å². The molecule has 0 fully saturated rings. The van der Waals surface area contributed by atoms with E-state index in [-0.39, 0.29) is 0 Å². The molecule has 0 radical (unpaired) electrons. The SMILES string of the molecule is Cc1cccc(Nc2ccc(OCCc3nc(-c4ccccc4)oc3C)cc2)c1. The van der Waals surface area contributed by atoms with Crippen molar-refractivity contribution in [3.05, 3.63) is 95.9 Å². The van der Waals surface area contributed by atoms with Crippen LogP contribution in [0.2, 0.25) is 0 Å². The smallest absolute Gasteiger partial charge is 0.226 e. The van der Waals surface area contributed by atoms with Crippen LogP contribution in [0.25, 0.3) is 11.5 Å². The largest absolute Gasteiger partial charge is 0.493 e. The molecule has 1 aromatic heterocycles. The molecule has 4 aromatic rings. The molecule has 146 valence electrons. The van der Waals surface area contributed by atoms with Crippen LogP contribution >= 0.6 is 0 Å². The van der Waals surface area contributed by atoms with Gasteiger partial charge in [0.2, 0.25) is 5.89 Å². The highest BCUT2D eigenvalue weighted by Gasteiger charge is 2.11. The zero-order valence-electron chi connectivity index (χ0n) is 16.7. The van der Waals surface area contributed by atoms with E-state index < -0.39 is 0 Å². The Hall–Kier alpha value is -3.53. The third-order valence-corrected chi connectivity index (χ3v) is 4.68. The molecule has 1 N–H and O–H groups in total. The second-order valence-electron chi connectivity index (χ2n) is 7.01. The van der Waals surface area contributed by atoms with E-state index in [0.29, 0.717) is 18.9 Å². The molecule has 4 heteroatoms. The number of benzene rings is 3. The molecule has 0 saturated heterocycles. The Labute approximate surface area is 171 Å². The van der Waals surface area contributed by atoms with Gasteiger partial charge in [0.05, 0.1) is 12.3 Å². The molecule has 0 saturated carbocycles. The van der Waals surface area contributed by atoms with E-state index in [1.165, 1.54) is 5.56 Å². The van der Waals surface area contributed by atoms with E-state index in [1.807, 2.05) is 67.6 Å². The molecule has 0 spiro atoms. The van der Waals surface area contributed by atoms with Crippen LogP contribution in [0.15, 0.2) is 83.3 Å². The molecular formula is C25H24N2O2. The van der Waals surface area contributed by atoms with Crippen molar-refractivity contribution in [3.63, 3.8) is 0 Å². The fraction of sp³-hybridized carbons (Fsp3) is 0.160. The van der Waals surface area contributed by atoms with Gasteiger partial charge in [-0.15, -0.1) is 0 Å². The number of aryl methyl sites for hydroxylation is 2. The molecule has 0 aliphatic carbocycles. The van der Waals surface area contributed by atoms with Crippen LogP contribution in [0.1, 0.15) is 17.0 Å². The average molecular weight is 384 g/mol. The van der Waals surface area contributed by atoms with E-state index in [9.17, 15) is 0 Å². The standard InChI is InChI=1S/C25H24N2O2/c1-18-7-6-10-22(17-18)26-21-11-13-23(14-12-21)28-16-15-24-19(2)29-25(27-24)20-8-4-3-5-9-20/h3-14,17,26H,15-16H2,1-2H3. The topological polar surface area (TPSA) is 47.3 Å². The van der Waals surface area contributed by atoms with Crippen molar-refractivity contribution in [1.29, 1.82) is 0 Å². The Morgan fingerprint density at radius 2 is 1.66 bits per heavy atom. The summed E-state index contributed by atoms with van der Waals surface area (Å²) in [5.74, 6) is 2.33. The van der Waals surface area contributed by atoms with Crippen LogP contribution < -0.4 is 10.1 Å². The molecule has 0 bridgehead atoms. The van der Waals surface area contributed by atoms with Gasteiger partial charge < -0.3 is 14.5 Å². The first kappa shape index (κ1) is 18.8. The van der Waals surface area contributed by atoms with Gasteiger partial charge in [0.25, 0.3) is 0 Å². The lowest BCUT2D eigenvalue weighted by Crippen LogP contribution is -2.02. The maximum Gasteiger partial charge on any atom is 0.226 e. The van der Waals surface area contributed by atoms with Crippen LogP contribution in [-0.2, 0) is 6.42 Å². The summed E-state index contributed by atoms with van der Waals surface area (Å²) in [6, 6.07) is 26.2. The third-order valence-electron chi connectivity index (χ3n) is 4.68. The predicted molar refractivity (Wildman–Crippen MR) is 117 cm³/mol. The molecule has 0 aliphatic rings. The highest BCUT2D eigenvalue weighted by atomic mass is 16.5. The van der Waals surface area contributed by atoms with Gasteiger partial charge in [-0.3, -0.25) is 0 Å². The number of anilines is 2. The van der Waals surface area contributed by atoms with Crippen LogP contribution in [0.5, 0.6) is 5.75 Å². The number of aromatic nitrogens is 1. The lowest BCUT2D eigenvalue weighted by molar-refractivity contribution is 0.320. The molecule has 0 aliphatic heterocycles. The van der Waals surface area contributed by atoms with E-state index >= 15 is 0 Å². The summed E-state index contributed by atoms with van der Waals surface area (Å²) in [6.45, 7) is 4.58. The number of ether oxygens (including phenoxy) is 1. The molecule has 0 unspecified atom stereocenters. The van der Waals surface area contributed by atoms with Crippen molar-refractivity contribution in [2.75, 3.05) is 11.9 Å². The van der Waals surface area contributed by atoms with Crippen LogP contribution in [0.4, 0.5) is 11.4 Å². The number of hydrogen-bond donors (Lipinski definition) is 1. The molecule has 4 rings (SSSR count). The Balaban J connectivity index is 1.32. The van der Waals surface area contributed by atoms with Gasteiger partial charge in [0, 0.05) is 23.4 Å². The maximum atomic E-state index is 5.89. The normalized spacial score (nSPS) is 10.7. The Morgan fingerprint density at radius 1 is 0.862 bits per heavy atom. The molecule has 0 amide bonds. The second kappa shape index (κ2) is 8.65. The van der Waals surface area contributed by atoms with Gasteiger partial charge >= 0.3 is 0 Å². The van der Waals surface area contributed by atoms with Crippen LogP contribution in [-0.4, -0.2) is 11.6 Å². The van der Waals surface area contributed by atoms with E-state index in [4.69, 9.17) is 9.15 Å². The van der Waals surface area contributed by atoms with Crippen molar-refractivity contribution >= 4 is 11.4 Å². The average Bonchev–Trinajstić information content (AvgIpc) is 3.11. The van der Waals surface area contributed by atoms with Crippen molar-refractivity contribution in [1.82, 2.24) is 4.98 Å². The Morgan fingerprint density at radius 3 is 2.41 bits per heavy atom. The zero-order valence-corrected chi connectivity index (χ0v) is 16.7. The van der Waals surface area contributed by atoms with E-state index in [2.05, 4.69) is 35.4 Å². The summed E-state index contributed by atoms with van der Waals surface area (Å²) >= 11 is 0. The number of nitrogens with zero attached hydrogens (tertiary/aromatic N) is 1. The minimum absolute atomic E-state index is 0.548. The molecule has 4 nitrogen and oxygen atoms in total. The van der Waals surface area contributed by atoms with Crippen molar-refractivity contribution in [3.8, 4) is 17.2 Å². The first-order valence-electron chi connectivity index (χ1n) is 9.76. The molecule has 29 heavy (non-hydrogen) atoms. The minimum Gasteiger partial charge on any atom is -0.493 e. The first-order chi connectivity index (χ1) is 14.2. The van der Waals surface area contributed by atoms with Gasteiger partial charge in [0.15, 0.2) is 0 Å². The highest BCUT2D eigenvalue weighted by molar-refractivity contribution is 5.60. The van der Waals surface area contributed by atoms with E-state index in [0.717, 1.165) is 34.1 Å². The quantitative estimate of drug-likeness (QED) is 0.405. The Bertz CT molecular complexity index is 1070. The van der Waals surface area contributed by atoms with Gasteiger partial charge in [-0.1, -0.05) is 30.3 Å². The van der Waals surface area contributed by atoms with Gasteiger partial charge in [0.1, 0.15) is 11.5 Å². The second-order valence-corrected chi connectivity index (χ2v) is 7.01. The zero-order chi connectivity index (χ0) is 20.1. The Kier molecular flexibility index (Phi) is 5.61. The summed E-state index contributed by atoms with van der Waals surface area (Å²) in [5, 5.41) is 3.40. The number of hydrogen-bond acceptors (Lipinski definition) is 4. The first-order valence-corrected chi connectivity index (χ1v) is 9.76. The summed E-state index contributed by atoms with van der Waals surface area (Å²) in [4.78, 5) is 4.62. The number of rotatable bonds is 7. The summed E-state index contributed by atoms with van der Waals surface area (Å²) in [6.07, 6.45) is 0.700. The van der Waals surface area contributed by atoms with Crippen molar-refractivity contribution in [2.24, 2.45) is 0 Å². The summed E-state index contributed by atoms with van der Waals surface area (Å²) in [7, 11) is 0. The van der Waals surface area contributed by atoms with Crippen molar-refractivity contribution in [2.45, 2.75) is 20.3 Å². The number of nitrogens with one attached hydrogen (secondary N) is 1. The lowest BCUT2D eigenvalue weighted by Gasteiger charge is -2.09. The maximum absolute atomic E-state index is 5.89. The van der Waals surface area contributed by atoms with Gasteiger partial charge in [-0.05, 0) is 67.9 Å². The lowest BCUT2D eigenvalue weighted by atomic mass is 10.2. The molecule has 3 aromatic carbocycles. The van der Waals surface area contributed by atoms with Crippen LogP contribution in [0, 0.1) is 13.8 Å². The van der Waals surface area contributed by atoms with Gasteiger partial charge in [-0.2, -0.15) is 0 Å². The fourth-order valence-electron chi connectivity index (χ4n) is 3.15. The highest BCUT2D eigenvalue weighted by Crippen LogP contribution is 2.23. The third kappa shape index (κ3) is 4.85. The minimum atomic E-state index is 0.548. The predicted octanol–water partition coefficient (Wildman–Crippen LogP) is 6.32. The van der Waals surface area contributed by atoms with Gasteiger partial charge in [-0.25, -0.2) is 4.98 Å². The fourth-order valence-corrected chi connectivity index (χ4v) is 3.15. The van der Waals surface area contributed by atoms with E-state index in [1.54, 1.807) is 0 Å². The molecule has 0 atom stereocenters. The number of oxazole rings is 1. The summed E-state index contributed by atoms with van der Waals surface area (Å²) < 4.78 is 11.7. The molecule has 1 heterocycles. The van der Waals surface area contributed by atoms with Crippen molar-refractivity contribution < 1.29 is 9.15 Å². The summed E-state index contributed by atoms with van der Waals surface area (Å²) in [5.41, 5.74) is 5.26. The molecular weight excluding hydrogens is 360 g/mol. The monoisotopic (exact) mass is 384 g/mol.